The Kier molecular flexibility index (Phi) is 4.07. The van der Waals surface area contributed by atoms with Crippen molar-refractivity contribution < 1.29 is 14.7 Å². The number of benzene rings is 2. The van der Waals surface area contributed by atoms with E-state index in [0.29, 0.717) is 5.69 Å². The third-order valence-corrected chi connectivity index (χ3v) is 3.41. The maximum atomic E-state index is 12.4. The van der Waals surface area contributed by atoms with Gasteiger partial charge in [0.05, 0.1) is 11.4 Å². The molecule has 1 amide bonds. The zero-order valence-electron chi connectivity index (χ0n) is 12.4. The van der Waals surface area contributed by atoms with Crippen LogP contribution in [0.3, 0.4) is 0 Å². The molecule has 0 bridgehead atoms. The Labute approximate surface area is 136 Å². The van der Waals surface area contributed by atoms with Crippen molar-refractivity contribution in [1.29, 1.82) is 0 Å². The van der Waals surface area contributed by atoms with Crippen molar-refractivity contribution in [2.45, 2.75) is 6.54 Å². The number of fused-ring (bicyclic) bond motifs is 1. The van der Waals surface area contributed by atoms with Crippen LogP contribution in [-0.4, -0.2) is 21.7 Å². The van der Waals surface area contributed by atoms with Gasteiger partial charge in [-0.2, -0.15) is 5.10 Å². The second-order valence-corrected chi connectivity index (χ2v) is 5.06. The minimum atomic E-state index is -1.51. The van der Waals surface area contributed by atoms with E-state index in [1.165, 1.54) is 12.1 Å². The molecule has 0 saturated heterocycles. The lowest BCUT2D eigenvalue weighted by Crippen LogP contribution is -2.34. The molecule has 0 saturated carbocycles. The molecule has 1 aromatic heterocycles. The van der Waals surface area contributed by atoms with Gasteiger partial charge in [0.1, 0.15) is 12.2 Å². The summed E-state index contributed by atoms with van der Waals surface area (Å²) < 4.78 is 0.825. The van der Waals surface area contributed by atoms with Crippen LogP contribution in [0.25, 0.3) is 10.8 Å². The van der Waals surface area contributed by atoms with Gasteiger partial charge in [-0.25, -0.2) is 4.68 Å². The molecule has 0 aliphatic heterocycles. The number of nitrogens with one attached hydrogen (secondary N) is 1. The van der Waals surface area contributed by atoms with Gasteiger partial charge in [-0.05, 0) is 18.2 Å². The minimum Gasteiger partial charge on any atom is -0.543 e. The largest absolute Gasteiger partial charge is 0.543 e. The zero-order chi connectivity index (χ0) is 17.1. The molecule has 0 aliphatic rings. The fourth-order valence-electron chi connectivity index (χ4n) is 2.35. The first-order valence-electron chi connectivity index (χ1n) is 7.12. The highest BCUT2D eigenvalue weighted by atomic mass is 16.4. The Morgan fingerprint density at radius 2 is 1.62 bits per heavy atom. The Balaban J connectivity index is 1.97. The third-order valence-electron chi connectivity index (χ3n) is 3.41. The molecular weight excluding hydrogens is 310 g/mol. The number of para-hydroxylation sites is 1. The minimum absolute atomic E-state index is 0.166. The molecule has 7 heteroatoms. The first-order valence-corrected chi connectivity index (χ1v) is 7.12. The highest BCUT2D eigenvalue weighted by molar-refractivity contribution is 6.00. The summed E-state index contributed by atoms with van der Waals surface area (Å²) >= 11 is 0. The second kappa shape index (κ2) is 6.33. The summed E-state index contributed by atoms with van der Waals surface area (Å²) in [6, 6.07) is 14.9. The number of aromatic carboxylic acids is 1. The molecule has 1 N–H and O–H groups in total. The molecule has 0 aliphatic carbocycles. The predicted octanol–water partition coefficient (Wildman–Crippen LogP) is 0.399. The fourth-order valence-corrected chi connectivity index (χ4v) is 2.35. The van der Waals surface area contributed by atoms with Gasteiger partial charge in [-0.15, -0.1) is 0 Å². The first kappa shape index (κ1) is 15.4. The number of carbonyl (C=O) groups is 2. The number of nitrogens with zero attached hydrogens (tertiary/aromatic N) is 2. The Hall–Kier alpha value is -3.48. The number of anilines is 1. The van der Waals surface area contributed by atoms with Gasteiger partial charge < -0.3 is 15.2 Å². The quantitative estimate of drug-likeness (QED) is 0.748. The number of rotatable bonds is 4. The SMILES string of the molecule is O=C(Cn1nc(C(=O)[O-])c2ccccc2c1=O)Nc1ccccc1. The first-order chi connectivity index (χ1) is 11.6. The van der Waals surface area contributed by atoms with E-state index < -0.39 is 24.0 Å². The lowest BCUT2D eigenvalue weighted by molar-refractivity contribution is -0.255. The van der Waals surface area contributed by atoms with Crippen molar-refractivity contribution in [3.63, 3.8) is 0 Å². The van der Waals surface area contributed by atoms with Crippen molar-refractivity contribution in [3.8, 4) is 0 Å². The summed E-state index contributed by atoms with van der Waals surface area (Å²) in [7, 11) is 0. The highest BCUT2D eigenvalue weighted by Gasteiger charge is 2.13. The van der Waals surface area contributed by atoms with E-state index in [-0.39, 0.29) is 16.5 Å². The Bertz CT molecular complexity index is 980. The highest BCUT2D eigenvalue weighted by Crippen LogP contribution is 2.12. The van der Waals surface area contributed by atoms with Crippen molar-refractivity contribution >= 4 is 28.3 Å². The number of hydrogen-bond acceptors (Lipinski definition) is 5. The van der Waals surface area contributed by atoms with Gasteiger partial charge >= 0.3 is 0 Å². The molecule has 0 unspecified atom stereocenters. The lowest BCUT2D eigenvalue weighted by Gasteiger charge is -2.11. The van der Waals surface area contributed by atoms with Crippen LogP contribution >= 0.6 is 0 Å². The van der Waals surface area contributed by atoms with Gasteiger partial charge in [0.2, 0.25) is 5.91 Å². The normalized spacial score (nSPS) is 10.5. The monoisotopic (exact) mass is 322 g/mol. The van der Waals surface area contributed by atoms with Gasteiger partial charge in [0.15, 0.2) is 0 Å². The molecule has 120 valence electrons. The molecule has 0 fully saturated rings. The molecular formula is C17H12N3O4-. The van der Waals surface area contributed by atoms with E-state index in [1.807, 2.05) is 0 Å². The maximum Gasteiger partial charge on any atom is 0.275 e. The molecule has 0 atom stereocenters. The average Bonchev–Trinajstić information content (AvgIpc) is 2.58. The Morgan fingerprint density at radius 1 is 1.00 bits per heavy atom. The van der Waals surface area contributed by atoms with Crippen LogP contribution in [0, 0.1) is 0 Å². The second-order valence-electron chi connectivity index (χ2n) is 5.06. The van der Waals surface area contributed by atoms with Crippen LogP contribution in [0.5, 0.6) is 0 Å². The van der Waals surface area contributed by atoms with Gasteiger partial charge in [0, 0.05) is 11.1 Å². The molecule has 3 aromatic rings. The molecule has 24 heavy (non-hydrogen) atoms. The molecule has 0 spiro atoms. The van der Waals surface area contributed by atoms with E-state index in [9.17, 15) is 19.5 Å². The van der Waals surface area contributed by atoms with E-state index in [4.69, 9.17) is 0 Å². The average molecular weight is 322 g/mol. The number of amides is 1. The third kappa shape index (κ3) is 3.00. The van der Waals surface area contributed by atoms with Crippen molar-refractivity contribution in [3.05, 3.63) is 70.6 Å². The summed E-state index contributed by atoms with van der Waals surface area (Å²) in [5, 5.41) is 18.0. The topological polar surface area (TPSA) is 104 Å². The lowest BCUT2D eigenvalue weighted by atomic mass is 10.1. The van der Waals surface area contributed by atoms with E-state index in [2.05, 4.69) is 10.4 Å². The van der Waals surface area contributed by atoms with Crippen LogP contribution in [0.15, 0.2) is 59.4 Å². The molecule has 3 rings (SSSR count). The van der Waals surface area contributed by atoms with Gasteiger partial charge in [-0.1, -0.05) is 36.4 Å². The molecule has 1 heterocycles. The summed E-state index contributed by atoms with van der Waals surface area (Å²) in [5.41, 5.74) is -0.354. The van der Waals surface area contributed by atoms with Crippen LogP contribution in [0.1, 0.15) is 10.5 Å². The molecule has 0 radical (unpaired) electrons. The van der Waals surface area contributed by atoms with Crippen LogP contribution in [0.4, 0.5) is 5.69 Å². The van der Waals surface area contributed by atoms with Crippen molar-refractivity contribution in [1.82, 2.24) is 9.78 Å². The standard InChI is InChI=1S/C17H13N3O4/c21-14(18-11-6-2-1-3-7-11)10-20-16(22)13-9-5-4-8-12(13)15(19-20)17(23)24/h1-9H,10H2,(H,18,21)(H,23,24)/p-1. The Morgan fingerprint density at radius 3 is 2.29 bits per heavy atom. The van der Waals surface area contributed by atoms with E-state index in [0.717, 1.165) is 4.68 Å². The zero-order valence-corrected chi connectivity index (χ0v) is 12.4. The van der Waals surface area contributed by atoms with Crippen LogP contribution in [-0.2, 0) is 11.3 Å². The van der Waals surface area contributed by atoms with Gasteiger partial charge in [0.25, 0.3) is 5.56 Å². The summed E-state index contributed by atoms with van der Waals surface area (Å²) in [4.78, 5) is 35.7. The smallest absolute Gasteiger partial charge is 0.275 e. The van der Waals surface area contributed by atoms with Crippen molar-refractivity contribution in [2.75, 3.05) is 5.32 Å². The summed E-state index contributed by atoms with van der Waals surface area (Å²) in [5.74, 6) is -2.00. The van der Waals surface area contributed by atoms with E-state index >= 15 is 0 Å². The van der Waals surface area contributed by atoms with Gasteiger partial charge in [-0.3, -0.25) is 9.59 Å². The number of aromatic nitrogens is 2. The number of carboxylic acid groups (broad SMARTS) is 1. The predicted molar refractivity (Wildman–Crippen MR) is 85.4 cm³/mol. The summed E-state index contributed by atoms with van der Waals surface area (Å²) in [6.45, 7) is -0.404. The number of carbonyl (C=O) groups excluding carboxylic acids is 2. The van der Waals surface area contributed by atoms with E-state index in [1.54, 1.807) is 42.5 Å². The fraction of sp³-hybridized carbons (Fsp3) is 0.0588. The van der Waals surface area contributed by atoms with Crippen LogP contribution < -0.4 is 16.0 Å². The van der Waals surface area contributed by atoms with Crippen LogP contribution in [0.2, 0.25) is 0 Å². The summed E-state index contributed by atoms with van der Waals surface area (Å²) in [6.07, 6.45) is 0. The number of hydrogen-bond donors (Lipinski definition) is 1. The molecule has 7 nitrogen and oxygen atoms in total. The van der Waals surface area contributed by atoms with Crippen molar-refractivity contribution in [2.24, 2.45) is 0 Å². The maximum absolute atomic E-state index is 12.4. The molecule has 2 aromatic carbocycles. The number of carboxylic acids is 1.